The summed E-state index contributed by atoms with van der Waals surface area (Å²) in [6, 6.07) is 13.5. The van der Waals surface area contributed by atoms with E-state index < -0.39 is 11.5 Å². The molecule has 1 aromatic heterocycles. The number of anilines is 1. The molecule has 0 spiro atoms. The third-order valence-corrected chi connectivity index (χ3v) is 4.89. The Balaban J connectivity index is 1.80. The molecule has 5 nitrogen and oxygen atoms in total. The van der Waals surface area contributed by atoms with Gasteiger partial charge in [-0.15, -0.1) is 0 Å². The summed E-state index contributed by atoms with van der Waals surface area (Å²) in [5.41, 5.74) is 6.31. The maximum absolute atomic E-state index is 11.4. The van der Waals surface area contributed by atoms with Crippen molar-refractivity contribution in [3.05, 3.63) is 59.8 Å². The molecule has 24 heavy (non-hydrogen) atoms. The second-order valence-corrected chi connectivity index (χ2v) is 6.71. The van der Waals surface area contributed by atoms with Crippen molar-refractivity contribution >= 4 is 11.7 Å². The molecule has 0 bridgehead atoms. The molecule has 3 N–H and O–H groups in total. The highest BCUT2D eigenvalue weighted by Crippen LogP contribution is 2.32. The Labute approximate surface area is 142 Å². The lowest BCUT2D eigenvalue weighted by molar-refractivity contribution is -0.0168. The van der Waals surface area contributed by atoms with Gasteiger partial charge in [0.2, 0.25) is 5.91 Å². The first kappa shape index (κ1) is 16.5. The van der Waals surface area contributed by atoms with E-state index in [9.17, 15) is 9.90 Å². The predicted octanol–water partition coefficient (Wildman–Crippen LogP) is 2.00. The molecule has 0 aliphatic carbocycles. The van der Waals surface area contributed by atoms with Crippen molar-refractivity contribution in [1.29, 1.82) is 0 Å². The third kappa shape index (κ3) is 3.57. The van der Waals surface area contributed by atoms with Crippen molar-refractivity contribution in [2.75, 3.05) is 18.0 Å². The Hall–Kier alpha value is -2.40. The van der Waals surface area contributed by atoms with Crippen molar-refractivity contribution < 1.29 is 9.90 Å². The Morgan fingerprint density at radius 2 is 2.12 bits per heavy atom. The molecule has 1 amide bonds. The number of nitrogens with two attached hydrogens (primary N) is 1. The smallest absolute Gasteiger partial charge is 0.248 e. The number of aliphatic hydroxyl groups is 1. The molecule has 2 aromatic rings. The van der Waals surface area contributed by atoms with Crippen LogP contribution in [0.2, 0.25) is 0 Å². The van der Waals surface area contributed by atoms with Gasteiger partial charge in [-0.1, -0.05) is 30.3 Å². The predicted molar refractivity (Wildman–Crippen MR) is 93.8 cm³/mol. The van der Waals surface area contributed by atoms with Crippen LogP contribution in [0.4, 0.5) is 5.82 Å². The summed E-state index contributed by atoms with van der Waals surface area (Å²) >= 11 is 0. The lowest BCUT2D eigenvalue weighted by atomic mass is 9.79. The molecule has 126 valence electrons. The van der Waals surface area contributed by atoms with Gasteiger partial charge in [0.25, 0.3) is 0 Å². The first-order chi connectivity index (χ1) is 11.5. The largest absolute Gasteiger partial charge is 0.390 e. The van der Waals surface area contributed by atoms with Gasteiger partial charge in [0, 0.05) is 30.8 Å². The molecule has 1 aliphatic heterocycles. The van der Waals surface area contributed by atoms with E-state index in [1.807, 2.05) is 25.1 Å². The number of carbonyl (C=O) groups excluding carboxylic acids is 1. The van der Waals surface area contributed by atoms with Crippen LogP contribution in [0.5, 0.6) is 0 Å². The second-order valence-electron chi connectivity index (χ2n) is 6.71. The average molecular weight is 325 g/mol. The minimum Gasteiger partial charge on any atom is -0.390 e. The third-order valence-electron chi connectivity index (χ3n) is 4.89. The monoisotopic (exact) mass is 325 g/mol. The van der Waals surface area contributed by atoms with E-state index in [-0.39, 0.29) is 5.92 Å². The van der Waals surface area contributed by atoms with Gasteiger partial charge in [-0.25, -0.2) is 4.98 Å². The fourth-order valence-electron chi connectivity index (χ4n) is 3.26. The van der Waals surface area contributed by atoms with E-state index in [2.05, 4.69) is 22.0 Å². The first-order valence-corrected chi connectivity index (χ1v) is 8.23. The van der Waals surface area contributed by atoms with Gasteiger partial charge in [0.1, 0.15) is 5.82 Å². The summed E-state index contributed by atoms with van der Waals surface area (Å²) in [5.74, 6) is 0.371. The van der Waals surface area contributed by atoms with Crippen LogP contribution in [0.3, 0.4) is 0 Å². The van der Waals surface area contributed by atoms with Crippen LogP contribution in [0.15, 0.2) is 48.7 Å². The van der Waals surface area contributed by atoms with Crippen molar-refractivity contribution in [3.63, 3.8) is 0 Å². The maximum atomic E-state index is 11.4. The van der Waals surface area contributed by atoms with Crippen LogP contribution in [-0.2, 0) is 6.42 Å². The summed E-state index contributed by atoms with van der Waals surface area (Å²) < 4.78 is 0. The molecule has 2 heterocycles. The number of hydrogen-bond acceptors (Lipinski definition) is 4. The summed E-state index contributed by atoms with van der Waals surface area (Å²) in [6.45, 7) is 3.30. The van der Waals surface area contributed by atoms with Crippen molar-refractivity contribution in [3.8, 4) is 0 Å². The molecule has 1 fully saturated rings. The van der Waals surface area contributed by atoms with Crippen LogP contribution >= 0.6 is 0 Å². The number of benzene rings is 1. The molecule has 0 saturated carbocycles. The van der Waals surface area contributed by atoms with Gasteiger partial charge in [-0.05, 0) is 37.5 Å². The maximum Gasteiger partial charge on any atom is 0.248 e. The van der Waals surface area contributed by atoms with E-state index in [0.717, 1.165) is 12.2 Å². The number of piperidine rings is 1. The van der Waals surface area contributed by atoms with E-state index >= 15 is 0 Å². The number of carbonyl (C=O) groups is 1. The zero-order valence-corrected chi connectivity index (χ0v) is 13.9. The molecule has 0 unspecified atom stereocenters. The number of nitrogens with zero attached hydrogens (tertiary/aromatic N) is 2. The number of primary amides is 1. The highest BCUT2D eigenvalue weighted by molar-refractivity contribution is 5.93. The lowest BCUT2D eigenvalue weighted by Crippen LogP contribution is -2.51. The standard InChI is InChI=1S/C19H23N3O2/c1-19(24)8-10-22(17-12-15(18(20)23)7-9-21-17)13-16(19)11-14-5-3-2-4-6-14/h2-7,9,12,16,24H,8,10-11,13H2,1H3,(H2,20,23)/t16-,19+/m0/s1. The fraction of sp³-hybridized carbons (Fsp3) is 0.368. The average Bonchev–Trinajstić information content (AvgIpc) is 2.58. The van der Waals surface area contributed by atoms with E-state index in [1.165, 1.54) is 5.56 Å². The van der Waals surface area contributed by atoms with Gasteiger partial charge in [-0.3, -0.25) is 4.79 Å². The zero-order valence-electron chi connectivity index (χ0n) is 13.9. The molecule has 1 saturated heterocycles. The summed E-state index contributed by atoms with van der Waals surface area (Å²) in [4.78, 5) is 17.9. The molecule has 0 radical (unpaired) electrons. The Morgan fingerprint density at radius 3 is 2.83 bits per heavy atom. The number of amides is 1. The van der Waals surface area contributed by atoms with Crippen LogP contribution in [0.1, 0.15) is 29.3 Å². The molecule has 2 atom stereocenters. The van der Waals surface area contributed by atoms with Crippen LogP contribution in [0.25, 0.3) is 0 Å². The summed E-state index contributed by atoms with van der Waals surface area (Å²) in [5, 5.41) is 10.8. The van der Waals surface area contributed by atoms with Gasteiger partial charge < -0.3 is 15.7 Å². The molecule has 3 rings (SSSR count). The Morgan fingerprint density at radius 1 is 1.38 bits per heavy atom. The van der Waals surface area contributed by atoms with Gasteiger partial charge in [-0.2, -0.15) is 0 Å². The number of aromatic nitrogens is 1. The van der Waals surface area contributed by atoms with Crippen LogP contribution < -0.4 is 10.6 Å². The quantitative estimate of drug-likeness (QED) is 0.901. The number of hydrogen-bond donors (Lipinski definition) is 2. The van der Waals surface area contributed by atoms with Crippen molar-refractivity contribution in [2.45, 2.75) is 25.4 Å². The van der Waals surface area contributed by atoms with E-state index in [0.29, 0.717) is 25.1 Å². The van der Waals surface area contributed by atoms with Gasteiger partial charge in [0.05, 0.1) is 5.60 Å². The highest BCUT2D eigenvalue weighted by Gasteiger charge is 2.37. The van der Waals surface area contributed by atoms with Crippen molar-refractivity contribution in [2.24, 2.45) is 11.7 Å². The van der Waals surface area contributed by atoms with Crippen molar-refractivity contribution in [1.82, 2.24) is 4.98 Å². The Bertz CT molecular complexity index is 716. The second kappa shape index (κ2) is 6.61. The Kier molecular flexibility index (Phi) is 4.53. The molecular weight excluding hydrogens is 302 g/mol. The lowest BCUT2D eigenvalue weighted by Gasteiger charge is -2.43. The number of pyridine rings is 1. The molecule has 1 aliphatic rings. The summed E-state index contributed by atoms with van der Waals surface area (Å²) in [6.07, 6.45) is 3.07. The van der Waals surface area contributed by atoms with Crippen LogP contribution in [-0.4, -0.2) is 34.7 Å². The fourth-order valence-corrected chi connectivity index (χ4v) is 3.26. The zero-order chi connectivity index (χ0) is 17.2. The molecule has 5 heteroatoms. The van der Waals surface area contributed by atoms with Gasteiger partial charge in [0.15, 0.2) is 0 Å². The highest BCUT2D eigenvalue weighted by atomic mass is 16.3. The topological polar surface area (TPSA) is 79.5 Å². The minimum absolute atomic E-state index is 0.0904. The summed E-state index contributed by atoms with van der Waals surface area (Å²) in [7, 11) is 0. The molecular formula is C19H23N3O2. The molecule has 1 aromatic carbocycles. The first-order valence-electron chi connectivity index (χ1n) is 8.23. The van der Waals surface area contributed by atoms with Gasteiger partial charge >= 0.3 is 0 Å². The van der Waals surface area contributed by atoms with Crippen LogP contribution in [0, 0.1) is 5.92 Å². The normalized spacial score (nSPS) is 23.9. The van der Waals surface area contributed by atoms with E-state index in [4.69, 9.17) is 5.73 Å². The number of rotatable bonds is 4. The SMILES string of the molecule is C[C@@]1(O)CCN(c2cc(C(N)=O)ccn2)C[C@@H]1Cc1ccccc1. The van der Waals surface area contributed by atoms with E-state index in [1.54, 1.807) is 18.3 Å². The minimum atomic E-state index is -0.715.